The lowest BCUT2D eigenvalue weighted by molar-refractivity contribution is -0.119. The van der Waals surface area contributed by atoms with Crippen molar-refractivity contribution in [1.82, 2.24) is 14.9 Å². The number of thiophene rings is 2. The zero-order valence-electron chi connectivity index (χ0n) is 15.3. The first-order valence-electron chi connectivity index (χ1n) is 9.26. The molecule has 5 nitrogen and oxygen atoms in total. The lowest BCUT2D eigenvalue weighted by atomic mass is 10.2. The molecule has 0 aromatic carbocycles. The number of nitrogens with zero attached hydrogens (tertiary/aromatic N) is 2. The highest BCUT2D eigenvalue weighted by atomic mass is 32.2. The van der Waals surface area contributed by atoms with Gasteiger partial charge in [-0.25, -0.2) is 4.98 Å². The Balaban J connectivity index is 1.62. The zero-order chi connectivity index (χ0) is 19.5. The maximum atomic E-state index is 13.2. The van der Waals surface area contributed by atoms with Crippen LogP contribution in [0, 0.1) is 0 Å². The maximum Gasteiger partial charge on any atom is 0.263 e. The number of carbonyl (C=O) groups is 1. The van der Waals surface area contributed by atoms with Crippen molar-refractivity contribution in [3.63, 3.8) is 0 Å². The number of allylic oxidation sites excluding steroid dienone is 1. The van der Waals surface area contributed by atoms with Crippen LogP contribution in [0.2, 0.25) is 0 Å². The predicted octanol–water partition coefficient (Wildman–Crippen LogP) is 4.52. The summed E-state index contributed by atoms with van der Waals surface area (Å²) in [6.07, 6.45) is 6.17. The van der Waals surface area contributed by atoms with Crippen LogP contribution in [0.1, 0.15) is 25.7 Å². The van der Waals surface area contributed by atoms with E-state index >= 15 is 0 Å². The van der Waals surface area contributed by atoms with E-state index in [9.17, 15) is 9.59 Å². The van der Waals surface area contributed by atoms with Crippen molar-refractivity contribution in [2.24, 2.45) is 0 Å². The molecule has 8 heteroatoms. The molecule has 0 bridgehead atoms. The monoisotopic (exact) mass is 431 g/mol. The fourth-order valence-corrected chi connectivity index (χ4v) is 6.11. The Hall–Kier alpha value is -1.90. The van der Waals surface area contributed by atoms with E-state index in [-0.39, 0.29) is 17.2 Å². The molecule has 0 saturated heterocycles. The minimum Gasteiger partial charge on any atom is -0.353 e. The van der Waals surface area contributed by atoms with Gasteiger partial charge in [0.15, 0.2) is 5.16 Å². The van der Waals surface area contributed by atoms with Gasteiger partial charge in [0, 0.05) is 28.4 Å². The molecule has 3 aromatic heterocycles. The quantitative estimate of drug-likeness (QED) is 0.339. The van der Waals surface area contributed by atoms with Gasteiger partial charge in [-0.05, 0) is 24.3 Å². The molecule has 0 radical (unpaired) electrons. The van der Waals surface area contributed by atoms with Crippen LogP contribution in [0.4, 0.5) is 0 Å². The van der Waals surface area contributed by atoms with Crippen molar-refractivity contribution in [1.29, 1.82) is 0 Å². The van der Waals surface area contributed by atoms with E-state index in [0.29, 0.717) is 28.0 Å². The van der Waals surface area contributed by atoms with E-state index < -0.39 is 0 Å². The summed E-state index contributed by atoms with van der Waals surface area (Å²) in [6, 6.07) is 4.29. The van der Waals surface area contributed by atoms with Crippen LogP contribution in [0.5, 0.6) is 0 Å². The Morgan fingerprint density at radius 2 is 2.21 bits per heavy atom. The van der Waals surface area contributed by atoms with Crippen molar-refractivity contribution < 1.29 is 4.79 Å². The molecule has 0 spiro atoms. The number of aromatic nitrogens is 2. The van der Waals surface area contributed by atoms with Crippen molar-refractivity contribution in [2.45, 2.75) is 43.4 Å². The summed E-state index contributed by atoms with van der Waals surface area (Å²) in [7, 11) is 0. The van der Waals surface area contributed by atoms with E-state index in [1.807, 2.05) is 22.9 Å². The van der Waals surface area contributed by atoms with E-state index in [1.54, 1.807) is 22.0 Å². The molecule has 3 heterocycles. The molecule has 4 rings (SSSR count). The first-order valence-corrected chi connectivity index (χ1v) is 12.0. The van der Waals surface area contributed by atoms with Gasteiger partial charge in [-0.2, -0.15) is 0 Å². The molecule has 146 valence electrons. The van der Waals surface area contributed by atoms with E-state index in [2.05, 4.69) is 11.9 Å². The Bertz CT molecular complexity index is 1050. The summed E-state index contributed by atoms with van der Waals surface area (Å²) >= 11 is 4.39. The van der Waals surface area contributed by atoms with Gasteiger partial charge in [0.1, 0.15) is 4.83 Å². The number of hydrogen-bond donors (Lipinski definition) is 1. The zero-order valence-corrected chi connectivity index (χ0v) is 17.8. The van der Waals surface area contributed by atoms with Crippen LogP contribution in [-0.4, -0.2) is 27.3 Å². The van der Waals surface area contributed by atoms with Gasteiger partial charge < -0.3 is 5.32 Å². The van der Waals surface area contributed by atoms with Crippen LogP contribution < -0.4 is 10.9 Å². The summed E-state index contributed by atoms with van der Waals surface area (Å²) < 4.78 is 1.62. The first-order chi connectivity index (χ1) is 13.7. The van der Waals surface area contributed by atoms with Crippen LogP contribution in [-0.2, 0) is 11.3 Å². The minimum absolute atomic E-state index is 0.00172. The fraction of sp³-hybridized carbons (Fsp3) is 0.350. The molecule has 0 aliphatic heterocycles. The van der Waals surface area contributed by atoms with E-state index in [0.717, 1.165) is 23.3 Å². The summed E-state index contributed by atoms with van der Waals surface area (Å²) in [6.45, 7) is 4.14. The molecule has 1 fully saturated rings. The predicted molar refractivity (Wildman–Crippen MR) is 119 cm³/mol. The van der Waals surface area contributed by atoms with E-state index in [4.69, 9.17) is 4.98 Å². The lowest BCUT2D eigenvalue weighted by Crippen LogP contribution is -2.34. The van der Waals surface area contributed by atoms with E-state index in [1.165, 1.54) is 35.9 Å². The Morgan fingerprint density at radius 1 is 1.39 bits per heavy atom. The van der Waals surface area contributed by atoms with Crippen molar-refractivity contribution in [2.75, 3.05) is 5.75 Å². The molecule has 28 heavy (non-hydrogen) atoms. The summed E-state index contributed by atoms with van der Waals surface area (Å²) in [4.78, 5) is 32.0. The Kier molecular flexibility index (Phi) is 5.99. The number of rotatable bonds is 7. The number of amides is 1. The molecule has 1 aliphatic carbocycles. The van der Waals surface area contributed by atoms with Gasteiger partial charge in [-0.15, -0.1) is 29.3 Å². The van der Waals surface area contributed by atoms with Crippen LogP contribution in [0.3, 0.4) is 0 Å². The molecule has 1 aliphatic rings. The average molecular weight is 432 g/mol. The van der Waals surface area contributed by atoms with Crippen molar-refractivity contribution in [3.8, 4) is 10.4 Å². The minimum atomic E-state index is -0.0757. The van der Waals surface area contributed by atoms with Gasteiger partial charge in [-0.3, -0.25) is 14.2 Å². The molecule has 1 saturated carbocycles. The maximum absolute atomic E-state index is 13.2. The molecule has 1 amide bonds. The normalized spacial score (nSPS) is 14.6. The van der Waals surface area contributed by atoms with Gasteiger partial charge in [-0.1, -0.05) is 36.7 Å². The third kappa shape index (κ3) is 3.94. The topological polar surface area (TPSA) is 64.0 Å². The lowest BCUT2D eigenvalue weighted by Gasteiger charge is -2.13. The Labute approximate surface area is 175 Å². The standard InChI is InChI=1S/C20H21N3O2S3/c1-2-9-23-19(25)17-14(15-8-5-10-26-15)11-27-18(17)22-20(23)28-12-16(24)21-13-6-3-4-7-13/h2,5,8,10-11,13H,1,3-4,6-7,9,12H2,(H,21,24). The third-order valence-corrected chi connectivity index (χ3v) is 7.56. The highest BCUT2D eigenvalue weighted by molar-refractivity contribution is 7.99. The van der Waals surface area contributed by atoms with Crippen molar-refractivity contribution in [3.05, 3.63) is 45.9 Å². The second-order valence-corrected chi connectivity index (χ2v) is 9.49. The van der Waals surface area contributed by atoms with Crippen LogP contribution >= 0.6 is 34.4 Å². The number of fused-ring (bicyclic) bond motifs is 1. The largest absolute Gasteiger partial charge is 0.353 e. The van der Waals surface area contributed by atoms with Crippen LogP contribution in [0.25, 0.3) is 20.7 Å². The number of hydrogen-bond acceptors (Lipinski definition) is 6. The SMILES string of the molecule is C=CCn1c(SCC(=O)NC2CCCC2)nc2scc(-c3cccs3)c2c1=O. The Morgan fingerprint density at radius 3 is 2.93 bits per heavy atom. The van der Waals surface area contributed by atoms with Gasteiger partial charge in [0.2, 0.25) is 5.91 Å². The molecular weight excluding hydrogens is 410 g/mol. The second kappa shape index (κ2) is 8.63. The number of carbonyl (C=O) groups excluding carboxylic acids is 1. The average Bonchev–Trinajstić information content (AvgIpc) is 3.43. The van der Waals surface area contributed by atoms with Crippen LogP contribution in [0.15, 0.2) is 45.5 Å². The number of thioether (sulfide) groups is 1. The second-order valence-electron chi connectivity index (χ2n) is 6.74. The van der Waals surface area contributed by atoms with Gasteiger partial charge in [0.05, 0.1) is 11.1 Å². The summed E-state index contributed by atoms with van der Waals surface area (Å²) in [5, 5.41) is 8.29. The first kappa shape index (κ1) is 19.4. The number of nitrogens with one attached hydrogen (secondary N) is 1. The summed E-state index contributed by atoms with van der Waals surface area (Å²) in [5.41, 5.74) is 0.856. The highest BCUT2D eigenvalue weighted by Gasteiger charge is 2.20. The molecule has 1 N–H and O–H groups in total. The highest BCUT2D eigenvalue weighted by Crippen LogP contribution is 2.34. The van der Waals surface area contributed by atoms with Gasteiger partial charge >= 0.3 is 0 Å². The third-order valence-electron chi connectivity index (χ3n) is 4.81. The molecule has 3 aromatic rings. The molecule has 0 atom stereocenters. The molecule has 0 unspecified atom stereocenters. The molecular formula is C20H21N3O2S3. The smallest absolute Gasteiger partial charge is 0.263 e. The van der Waals surface area contributed by atoms with Gasteiger partial charge in [0.25, 0.3) is 5.56 Å². The summed E-state index contributed by atoms with van der Waals surface area (Å²) in [5.74, 6) is 0.260. The fourth-order valence-electron chi connectivity index (χ4n) is 3.49. The van der Waals surface area contributed by atoms with Crippen molar-refractivity contribution >= 4 is 50.6 Å².